The summed E-state index contributed by atoms with van der Waals surface area (Å²) < 4.78 is 4.72. The van der Waals surface area contributed by atoms with E-state index in [1.165, 1.54) is 7.11 Å². The van der Waals surface area contributed by atoms with Crippen molar-refractivity contribution in [3.05, 3.63) is 11.6 Å². The molecule has 17 heavy (non-hydrogen) atoms. The van der Waals surface area contributed by atoms with E-state index < -0.39 is 0 Å². The van der Waals surface area contributed by atoms with Crippen LogP contribution in [0.3, 0.4) is 0 Å². The Morgan fingerprint density at radius 1 is 1.53 bits per heavy atom. The first-order valence-corrected chi connectivity index (χ1v) is 6.35. The number of carbonyl (C=O) groups is 1. The van der Waals surface area contributed by atoms with Gasteiger partial charge in [0.1, 0.15) is 0 Å². The second-order valence-corrected chi connectivity index (χ2v) is 4.78. The summed E-state index contributed by atoms with van der Waals surface area (Å²) in [5.74, 6) is 0.271. The van der Waals surface area contributed by atoms with E-state index in [2.05, 4.69) is 13.8 Å². The molecule has 1 rings (SSSR count). The Balaban J connectivity index is 2.77. The Morgan fingerprint density at radius 2 is 2.12 bits per heavy atom. The third-order valence-corrected chi connectivity index (χ3v) is 3.83. The Bertz CT molecular complexity index is 298. The molecule has 4 nitrogen and oxygen atoms in total. The predicted octanol–water partition coefficient (Wildman–Crippen LogP) is 1.20. The van der Waals surface area contributed by atoms with Gasteiger partial charge in [0.15, 0.2) is 0 Å². The Hall–Kier alpha value is -0.870. The number of nitrogens with two attached hydrogens (primary N) is 2. The molecular formula is C13H24N2O2. The summed E-state index contributed by atoms with van der Waals surface area (Å²) in [4.78, 5) is 11.4. The molecule has 1 aliphatic carbocycles. The summed E-state index contributed by atoms with van der Waals surface area (Å²) in [6.07, 6.45) is 4.58. The minimum atomic E-state index is -0.278. The number of carbonyl (C=O) groups excluding carboxylic acids is 1. The lowest BCUT2D eigenvalue weighted by molar-refractivity contribution is -0.136. The molecule has 4 N–H and O–H groups in total. The number of hydrogen-bond acceptors (Lipinski definition) is 4. The number of ether oxygens (including phenoxy) is 1. The van der Waals surface area contributed by atoms with Gasteiger partial charge >= 0.3 is 5.97 Å². The van der Waals surface area contributed by atoms with Gasteiger partial charge in [-0.05, 0) is 12.3 Å². The zero-order valence-corrected chi connectivity index (χ0v) is 11.0. The fourth-order valence-electron chi connectivity index (χ4n) is 2.64. The maximum absolute atomic E-state index is 11.4. The van der Waals surface area contributed by atoms with Crippen molar-refractivity contribution in [3.8, 4) is 0 Å². The number of hydrogen-bond donors (Lipinski definition) is 2. The van der Waals surface area contributed by atoms with Gasteiger partial charge in [-0.25, -0.2) is 4.79 Å². The minimum Gasteiger partial charge on any atom is -0.466 e. The molecular weight excluding hydrogens is 216 g/mol. The number of esters is 1. The molecule has 0 aliphatic heterocycles. The van der Waals surface area contributed by atoms with Gasteiger partial charge in [0.05, 0.1) is 7.11 Å². The van der Waals surface area contributed by atoms with Crippen LogP contribution in [0.2, 0.25) is 0 Å². The van der Waals surface area contributed by atoms with Crippen molar-refractivity contribution in [1.29, 1.82) is 0 Å². The number of rotatable bonds is 5. The van der Waals surface area contributed by atoms with Crippen LogP contribution in [0.1, 0.15) is 33.1 Å². The Morgan fingerprint density at radius 3 is 2.59 bits per heavy atom. The van der Waals surface area contributed by atoms with Crippen LogP contribution < -0.4 is 11.5 Å². The molecule has 0 saturated carbocycles. The average Bonchev–Trinajstić information content (AvgIpc) is 2.71. The van der Waals surface area contributed by atoms with Crippen LogP contribution in [0.5, 0.6) is 0 Å². The molecule has 3 atom stereocenters. The smallest absolute Gasteiger partial charge is 0.333 e. The molecule has 1 unspecified atom stereocenters. The van der Waals surface area contributed by atoms with Crippen molar-refractivity contribution in [1.82, 2.24) is 0 Å². The molecule has 0 fully saturated rings. The van der Waals surface area contributed by atoms with Crippen LogP contribution in [0.4, 0.5) is 0 Å². The summed E-state index contributed by atoms with van der Waals surface area (Å²) in [5.41, 5.74) is 13.0. The Kier molecular flexibility index (Phi) is 5.15. The molecule has 4 heteroatoms. The molecule has 1 aliphatic rings. The first-order chi connectivity index (χ1) is 8.04. The van der Waals surface area contributed by atoms with Crippen molar-refractivity contribution in [2.75, 3.05) is 7.11 Å². The van der Waals surface area contributed by atoms with E-state index in [1.807, 2.05) is 6.08 Å². The zero-order chi connectivity index (χ0) is 13.0. The second-order valence-electron chi connectivity index (χ2n) is 4.78. The van der Waals surface area contributed by atoms with Gasteiger partial charge in [-0.15, -0.1) is 0 Å². The molecule has 0 amide bonds. The van der Waals surface area contributed by atoms with Crippen LogP contribution in [0.15, 0.2) is 11.6 Å². The topological polar surface area (TPSA) is 78.3 Å². The molecule has 0 heterocycles. The first kappa shape index (κ1) is 14.2. The van der Waals surface area contributed by atoms with Gasteiger partial charge in [-0.1, -0.05) is 32.8 Å². The highest BCUT2D eigenvalue weighted by molar-refractivity contribution is 5.89. The lowest BCUT2D eigenvalue weighted by Gasteiger charge is -2.28. The van der Waals surface area contributed by atoms with Crippen molar-refractivity contribution >= 4 is 5.97 Å². The van der Waals surface area contributed by atoms with E-state index in [-0.39, 0.29) is 24.0 Å². The van der Waals surface area contributed by atoms with Crippen molar-refractivity contribution in [3.63, 3.8) is 0 Å². The average molecular weight is 240 g/mol. The van der Waals surface area contributed by atoms with E-state index in [9.17, 15) is 4.79 Å². The second kappa shape index (κ2) is 6.17. The van der Waals surface area contributed by atoms with E-state index in [0.29, 0.717) is 17.9 Å². The van der Waals surface area contributed by atoms with Crippen LogP contribution in [0.25, 0.3) is 0 Å². The zero-order valence-electron chi connectivity index (χ0n) is 11.0. The molecule has 98 valence electrons. The molecule has 0 bridgehead atoms. The van der Waals surface area contributed by atoms with Crippen molar-refractivity contribution in [2.45, 2.75) is 45.2 Å². The molecule has 0 saturated heterocycles. The normalized spacial score (nSPS) is 25.9. The SMILES string of the molecule is CCC(CC)C(N)[C@@H]1C=C(C(=O)OC)C[C@H]1N. The summed E-state index contributed by atoms with van der Waals surface area (Å²) in [7, 11) is 1.39. The van der Waals surface area contributed by atoms with Gasteiger partial charge < -0.3 is 16.2 Å². The van der Waals surface area contributed by atoms with Gasteiger partial charge in [-0.3, -0.25) is 0 Å². The molecule has 0 aromatic carbocycles. The number of methoxy groups -OCH3 is 1. The molecule has 0 aromatic heterocycles. The monoisotopic (exact) mass is 240 g/mol. The lowest BCUT2D eigenvalue weighted by atomic mass is 9.83. The summed E-state index contributed by atoms with van der Waals surface area (Å²) in [5, 5.41) is 0. The fraction of sp³-hybridized carbons (Fsp3) is 0.769. The highest BCUT2D eigenvalue weighted by Gasteiger charge is 2.34. The standard InChI is InChI=1S/C13H24N2O2/c1-4-8(5-2)12(15)10-6-9(7-11(10)14)13(16)17-3/h6,8,10-12H,4-5,7,14-15H2,1-3H3/t10-,11-,12?/m1/s1. The van der Waals surface area contributed by atoms with Gasteiger partial charge in [0, 0.05) is 23.6 Å². The van der Waals surface area contributed by atoms with E-state index in [4.69, 9.17) is 16.2 Å². The maximum atomic E-state index is 11.4. The molecule has 0 radical (unpaired) electrons. The summed E-state index contributed by atoms with van der Waals surface area (Å²) >= 11 is 0. The third kappa shape index (κ3) is 3.07. The van der Waals surface area contributed by atoms with Crippen molar-refractivity contribution in [2.24, 2.45) is 23.3 Å². The van der Waals surface area contributed by atoms with Crippen LogP contribution >= 0.6 is 0 Å². The highest BCUT2D eigenvalue weighted by atomic mass is 16.5. The largest absolute Gasteiger partial charge is 0.466 e. The van der Waals surface area contributed by atoms with Crippen LogP contribution in [0, 0.1) is 11.8 Å². The van der Waals surface area contributed by atoms with Gasteiger partial charge in [0.2, 0.25) is 0 Å². The predicted molar refractivity (Wildman–Crippen MR) is 68.2 cm³/mol. The first-order valence-electron chi connectivity index (χ1n) is 6.35. The lowest BCUT2D eigenvalue weighted by Crippen LogP contribution is -2.43. The van der Waals surface area contributed by atoms with Crippen molar-refractivity contribution < 1.29 is 9.53 Å². The molecule has 0 spiro atoms. The fourth-order valence-corrected chi connectivity index (χ4v) is 2.64. The highest BCUT2D eigenvalue weighted by Crippen LogP contribution is 2.30. The third-order valence-electron chi connectivity index (χ3n) is 3.83. The van der Waals surface area contributed by atoms with Gasteiger partial charge in [-0.2, -0.15) is 0 Å². The van der Waals surface area contributed by atoms with Crippen LogP contribution in [-0.4, -0.2) is 25.2 Å². The van der Waals surface area contributed by atoms with E-state index in [1.54, 1.807) is 0 Å². The summed E-state index contributed by atoms with van der Waals surface area (Å²) in [6.45, 7) is 4.28. The van der Waals surface area contributed by atoms with Crippen LogP contribution in [-0.2, 0) is 9.53 Å². The maximum Gasteiger partial charge on any atom is 0.333 e. The van der Waals surface area contributed by atoms with E-state index >= 15 is 0 Å². The molecule has 0 aromatic rings. The summed E-state index contributed by atoms with van der Waals surface area (Å²) in [6, 6.07) is -0.0261. The van der Waals surface area contributed by atoms with Gasteiger partial charge in [0.25, 0.3) is 0 Å². The minimum absolute atomic E-state index is 0.0298. The van der Waals surface area contributed by atoms with E-state index in [0.717, 1.165) is 12.8 Å². The Labute approximate surface area is 103 Å². The quantitative estimate of drug-likeness (QED) is 0.708.